The van der Waals surface area contributed by atoms with E-state index in [0.29, 0.717) is 38.9 Å². The summed E-state index contributed by atoms with van der Waals surface area (Å²) in [6.45, 7) is 5.55. The topological polar surface area (TPSA) is 47.0 Å². The smallest absolute Gasteiger partial charge is 0.223 e. The minimum Gasteiger partial charge on any atom is -0.388 e. The van der Waals surface area contributed by atoms with Gasteiger partial charge in [0.2, 0.25) is 5.91 Å². The summed E-state index contributed by atoms with van der Waals surface area (Å²) >= 11 is 0. The monoisotopic (exact) mass is 473 g/mol. The first-order valence-electron chi connectivity index (χ1n) is 12.7. The van der Waals surface area contributed by atoms with Gasteiger partial charge in [-0.2, -0.15) is 0 Å². The Morgan fingerprint density at radius 1 is 1.03 bits per heavy atom. The molecule has 2 aliphatic rings. The molecule has 0 bridgehead atoms. The quantitative estimate of drug-likeness (QED) is 0.618. The van der Waals surface area contributed by atoms with Crippen LogP contribution in [0.4, 0.5) is 0 Å². The molecule has 1 atom stereocenters. The first-order chi connectivity index (χ1) is 16.8. The second kappa shape index (κ2) is 11.2. The number of hydrogen-bond donors (Lipinski definition) is 1. The molecule has 1 N–H and O–H groups in total. The van der Waals surface area contributed by atoms with E-state index in [1.165, 1.54) is 22.3 Å². The number of benzene rings is 2. The van der Waals surface area contributed by atoms with E-state index in [9.17, 15) is 9.90 Å². The fourth-order valence-electron chi connectivity index (χ4n) is 5.18. The number of rotatable bonds is 8. The van der Waals surface area contributed by atoms with Crippen molar-refractivity contribution in [1.29, 1.82) is 0 Å². The summed E-state index contributed by atoms with van der Waals surface area (Å²) in [7, 11) is 4.17. The van der Waals surface area contributed by atoms with E-state index in [1.54, 1.807) is 0 Å². The van der Waals surface area contributed by atoms with Gasteiger partial charge >= 0.3 is 0 Å². The van der Waals surface area contributed by atoms with Crippen LogP contribution in [0.5, 0.6) is 0 Å². The van der Waals surface area contributed by atoms with E-state index >= 15 is 0 Å². The molecule has 1 unspecified atom stereocenters. The van der Waals surface area contributed by atoms with Gasteiger partial charge in [0, 0.05) is 45.3 Å². The van der Waals surface area contributed by atoms with Crippen LogP contribution in [-0.2, 0) is 4.79 Å². The van der Waals surface area contributed by atoms with Crippen molar-refractivity contribution in [1.82, 2.24) is 14.7 Å². The number of β-amino-alcohol motifs (C(OH)–C–C–N with tert-alkyl or cyclic N) is 1. The van der Waals surface area contributed by atoms with Gasteiger partial charge in [-0.15, -0.1) is 0 Å². The highest BCUT2D eigenvalue weighted by Gasteiger charge is 2.35. The number of aliphatic hydroxyl groups is 1. The average Bonchev–Trinajstić information content (AvgIpc) is 2.85. The van der Waals surface area contributed by atoms with Crippen LogP contribution in [-0.4, -0.2) is 78.1 Å². The summed E-state index contributed by atoms with van der Waals surface area (Å²) in [5.74, 6) is 0.383. The molecule has 1 amide bonds. The van der Waals surface area contributed by atoms with Crippen LogP contribution < -0.4 is 0 Å². The normalized spacial score (nSPS) is 18.8. The Kier molecular flexibility index (Phi) is 8.09. The summed E-state index contributed by atoms with van der Waals surface area (Å²) in [4.78, 5) is 19.3. The lowest BCUT2D eigenvalue weighted by Crippen LogP contribution is -2.51. The summed E-state index contributed by atoms with van der Waals surface area (Å²) in [6.07, 6.45) is 6.24. The summed E-state index contributed by atoms with van der Waals surface area (Å²) in [6, 6.07) is 20.7. The average molecular weight is 474 g/mol. The Bertz CT molecular complexity index is 1040. The molecular weight excluding hydrogens is 434 g/mol. The lowest BCUT2D eigenvalue weighted by molar-refractivity contribution is -0.136. The number of amides is 1. The van der Waals surface area contributed by atoms with Gasteiger partial charge in [-0.1, -0.05) is 73.7 Å². The third kappa shape index (κ3) is 6.62. The highest BCUT2D eigenvalue weighted by atomic mass is 16.3. The molecule has 1 saturated heterocycles. The number of hydrogen-bond acceptors (Lipinski definition) is 4. The van der Waals surface area contributed by atoms with Gasteiger partial charge in [-0.05, 0) is 55.1 Å². The number of carbonyl (C=O) groups excluding carboxylic acids is 1. The Balaban J connectivity index is 1.34. The Morgan fingerprint density at radius 3 is 2.29 bits per heavy atom. The predicted molar refractivity (Wildman–Crippen MR) is 143 cm³/mol. The van der Waals surface area contributed by atoms with E-state index in [2.05, 4.69) is 79.5 Å². The maximum Gasteiger partial charge on any atom is 0.223 e. The van der Waals surface area contributed by atoms with Crippen molar-refractivity contribution in [3.05, 3.63) is 89.6 Å². The van der Waals surface area contributed by atoms with Crippen molar-refractivity contribution in [3.8, 4) is 0 Å². The lowest BCUT2D eigenvalue weighted by atomic mass is 9.89. The molecule has 0 aliphatic carbocycles. The van der Waals surface area contributed by atoms with Gasteiger partial charge in [-0.25, -0.2) is 0 Å². The first-order valence-corrected chi connectivity index (χ1v) is 12.7. The molecule has 2 aromatic rings. The second-order valence-electron chi connectivity index (χ2n) is 10.4. The van der Waals surface area contributed by atoms with Crippen LogP contribution in [0.25, 0.3) is 5.57 Å². The molecule has 2 aromatic carbocycles. The summed E-state index contributed by atoms with van der Waals surface area (Å²) in [5, 5.41) is 11.4. The van der Waals surface area contributed by atoms with Gasteiger partial charge in [-0.3, -0.25) is 4.79 Å². The lowest BCUT2D eigenvalue weighted by Gasteiger charge is -2.41. The molecule has 2 heterocycles. The molecule has 4 rings (SSSR count). The number of carbonyl (C=O) groups is 1. The standard InChI is InChI=1S/C30H39N3O2/c1-24(25-10-6-4-7-11-25)20-29(34)33-18-15-30(35,16-19-33)23-32-17-14-28(26-12-8-5-9-13-26)27(22-32)21-31(2)3/h4-14,22,24,35H,15-21,23H2,1-3H3. The second-order valence-corrected chi connectivity index (χ2v) is 10.4. The van der Waals surface area contributed by atoms with E-state index in [1.807, 2.05) is 29.2 Å². The maximum atomic E-state index is 12.9. The Hall–Kier alpha value is -2.89. The molecule has 0 saturated carbocycles. The van der Waals surface area contributed by atoms with Crippen molar-refractivity contribution < 1.29 is 9.90 Å². The van der Waals surface area contributed by atoms with Crippen molar-refractivity contribution in [2.45, 2.75) is 37.7 Å². The van der Waals surface area contributed by atoms with Gasteiger partial charge in [0.15, 0.2) is 0 Å². The molecule has 0 aromatic heterocycles. The minimum atomic E-state index is -0.778. The number of nitrogens with zero attached hydrogens (tertiary/aromatic N) is 3. The summed E-state index contributed by atoms with van der Waals surface area (Å²) in [5.41, 5.74) is 4.19. The van der Waals surface area contributed by atoms with Gasteiger partial charge in [0.25, 0.3) is 0 Å². The van der Waals surface area contributed by atoms with E-state index in [0.717, 1.165) is 13.1 Å². The highest BCUT2D eigenvalue weighted by Crippen LogP contribution is 2.30. The van der Waals surface area contributed by atoms with Crippen molar-refractivity contribution in [3.63, 3.8) is 0 Å². The molecule has 0 radical (unpaired) electrons. The van der Waals surface area contributed by atoms with E-state index in [-0.39, 0.29) is 11.8 Å². The molecule has 5 nitrogen and oxygen atoms in total. The van der Waals surface area contributed by atoms with Crippen LogP contribution in [0.2, 0.25) is 0 Å². The van der Waals surface area contributed by atoms with Crippen LogP contribution >= 0.6 is 0 Å². The van der Waals surface area contributed by atoms with E-state index in [4.69, 9.17) is 0 Å². The Labute approximate surface area is 210 Å². The zero-order valence-electron chi connectivity index (χ0n) is 21.4. The fourth-order valence-corrected chi connectivity index (χ4v) is 5.18. The third-order valence-electron chi connectivity index (χ3n) is 7.18. The SMILES string of the molecule is CC(CC(=O)N1CCC(O)(CN2C=C(CN(C)C)C(c3ccccc3)=CC2)CC1)c1ccccc1. The molecule has 0 spiro atoms. The largest absolute Gasteiger partial charge is 0.388 e. The molecule has 1 fully saturated rings. The zero-order valence-corrected chi connectivity index (χ0v) is 21.4. The van der Waals surface area contributed by atoms with Gasteiger partial charge in [0.05, 0.1) is 5.60 Å². The van der Waals surface area contributed by atoms with Crippen molar-refractivity contribution in [2.24, 2.45) is 0 Å². The van der Waals surface area contributed by atoms with E-state index < -0.39 is 5.60 Å². The van der Waals surface area contributed by atoms with Crippen molar-refractivity contribution >= 4 is 11.5 Å². The van der Waals surface area contributed by atoms with Crippen molar-refractivity contribution in [2.75, 3.05) is 46.8 Å². The first kappa shape index (κ1) is 25.2. The summed E-state index contributed by atoms with van der Waals surface area (Å²) < 4.78 is 0. The number of piperidine rings is 1. The molecule has 35 heavy (non-hydrogen) atoms. The molecular formula is C30H39N3O2. The van der Waals surface area contributed by atoms with Crippen LogP contribution in [0, 0.1) is 0 Å². The molecule has 186 valence electrons. The zero-order chi connectivity index (χ0) is 24.8. The van der Waals surface area contributed by atoms with Crippen LogP contribution in [0.3, 0.4) is 0 Å². The molecule has 2 aliphatic heterocycles. The predicted octanol–water partition coefficient (Wildman–Crippen LogP) is 4.38. The Morgan fingerprint density at radius 2 is 1.66 bits per heavy atom. The third-order valence-corrected chi connectivity index (χ3v) is 7.18. The van der Waals surface area contributed by atoms with Gasteiger partial charge in [0.1, 0.15) is 0 Å². The maximum absolute atomic E-state index is 12.9. The minimum absolute atomic E-state index is 0.185. The number of likely N-dealkylation sites (tertiary alicyclic amines) is 1. The van der Waals surface area contributed by atoms with Crippen LogP contribution in [0.1, 0.15) is 43.2 Å². The van der Waals surface area contributed by atoms with Gasteiger partial charge < -0.3 is 19.8 Å². The van der Waals surface area contributed by atoms with Crippen LogP contribution in [0.15, 0.2) is 78.5 Å². The molecule has 5 heteroatoms. The number of likely N-dealkylation sites (N-methyl/N-ethyl adjacent to an activating group) is 1. The highest BCUT2D eigenvalue weighted by molar-refractivity contribution is 5.80. The fraction of sp³-hybridized carbons (Fsp3) is 0.433.